The smallest absolute Gasteiger partial charge is 0.289 e. The fourth-order valence-electron chi connectivity index (χ4n) is 4.84. The number of carbonyl (C=O) groups excluding carboxylic acids is 1. The molecular weight excluding hydrogens is 320 g/mol. The van der Waals surface area contributed by atoms with E-state index in [0.717, 1.165) is 58.5 Å². The summed E-state index contributed by atoms with van der Waals surface area (Å²) in [7, 11) is 3.69. The number of nitrogens with zero attached hydrogens (tertiary/aromatic N) is 4. The fraction of sp³-hybridized carbons (Fsp3) is 0.778. The molecule has 7 nitrogen and oxygen atoms in total. The minimum atomic E-state index is 0.0464. The summed E-state index contributed by atoms with van der Waals surface area (Å²) in [5.74, 6) is 0.577. The predicted molar refractivity (Wildman–Crippen MR) is 92.4 cm³/mol. The highest BCUT2D eigenvalue weighted by Crippen LogP contribution is 2.44. The first-order chi connectivity index (χ1) is 12.2. The van der Waals surface area contributed by atoms with Gasteiger partial charge in [-0.15, -0.1) is 0 Å². The Morgan fingerprint density at radius 2 is 2.04 bits per heavy atom. The van der Waals surface area contributed by atoms with Crippen LogP contribution in [0.25, 0.3) is 0 Å². The molecule has 1 unspecified atom stereocenters. The third-order valence-corrected chi connectivity index (χ3v) is 6.38. The van der Waals surface area contributed by atoms with E-state index in [9.17, 15) is 4.79 Å². The number of rotatable bonds is 3. The Kier molecular flexibility index (Phi) is 4.56. The maximum Gasteiger partial charge on any atom is 0.289 e. The molecule has 0 aliphatic carbocycles. The van der Waals surface area contributed by atoms with Gasteiger partial charge in [0.2, 0.25) is 0 Å². The van der Waals surface area contributed by atoms with Crippen molar-refractivity contribution in [3.8, 4) is 0 Å². The highest BCUT2D eigenvalue weighted by Gasteiger charge is 2.56. The van der Waals surface area contributed by atoms with Crippen molar-refractivity contribution in [2.45, 2.75) is 43.4 Å². The summed E-state index contributed by atoms with van der Waals surface area (Å²) in [6.07, 6.45) is 7.98. The summed E-state index contributed by atoms with van der Waals surface area (Å²) < 4.78 is 13.1. The number of ether oxygens (including phenoxy) is 2. The second kappa shape index (κ2) is 6.70. The van der Waals surface area contributed by atoms with Gasteiger partial charge in [-0.1, -0.05) is 0 Å². The van der Waals surface area contributed by atoms with Crippen LogP contribution < -0.4 is 0 Å². The van der Waals surface area contributed by atoms with Crippen LogP contribution >= 0.6 is 0 Å². The van der Waals surface area contributed by atoms with Crippen molar-refractivity contribution in [2.24, 2.45) is 7.05 Å². The first kappa shape index (κ1) is 17.0. The van der Waals surface area contributed by atoms with Crippen LogP contribution in [0, 0.1) is 0 Å². The van der Waals surface area contributed by atoms with Gasteiger partial charge in [-0.05, 0) is 25.7 Å². The molecule has 1 aromatic heterocycles. The van der Waals surface area contributed by atoms with E-state index in [0.29, 0.717) is 18.0 Å². The molecule has 3 fully saturated rings. The van der Waals surface area contributed by atoms with Gasteiger partial charge >= 0.3 is 0 Å². The van der Waals surface area contributed by atoms with E-state index in [1.54, 1.807) is 10.8 Å². The lowest BCUT2D eigenvalue weighted by Crippen LogP contribution is -2.75. The number of likely N-dealkylation sites (tertiary alicyclic amines) is 2. The summed E-state index contributed by atoms with van der Waals surface area (Å²) in [5.41, 5.74) is 0.156. The average Bonchev–Trinajstić information content (AvgIpc) is 3.08. The van der Waals surface area contributed by atoms with E-state index in [1.807, 2.05) is 25.3 Å². The molecule has 4 heterocycles. The molecular formula is C18H28N4O3. The lowest BCUT2D eigenvalue weighted by Gasteiger charge is -2.63. The largest absolute Gasteiger partial charge is 0.381 e. The molecule has 0 radical (unpaired) electrons. The lowest BCUT2D eigenvalue weighted by molar-refractivity contribution is -0.207. The first-order valence-electron chi connectivity index (χ1n) is 9.29. The molecule has 1 amide bonds. The van der Waals surface area contributed by atoms with Gasteiger partial charge < -0.3 is 18.9 Å². The second-order valence-electron chi connectivity index (χ2n) is 7.48. The molecule has 1 atom stereocenters. The highest BCUT2D eigenvalue weighted by molar-refractivity contribution is 5.90. The van der Waals surface area contributed by atoms with E-state index >= 15 is 0 Å². The molecule has 1 spiro atoms. The number of hydrogen-bond acceptors (Lipinski definition) is 5. The van der Waals surface area contributed by atoms with Gasteiger partial charge in [0.25, 0.3) is 5.91 Å². The van der Waals surface area contributed by atoms with E-state index in [1.165, 1.54) is 0 Å². The van der Waals surface area contributed by atoms with E-state index in [4.69, 9.17) is 9.47 Å². The predicted octanol–water partition coefficient (Wildman–Crippen LogP) is 0.904. The van der Waals surface area contributed by atoms with Crippen LogP contribution in [0.2, 0.25) is 0 Å². The summed E-state index contributed by atoms with van der Waals surface area (Å²) in [4.78, 5) is 21.4. The van der Waals surface area contributed by atoms with E-state index in [-0.39, 0.29) is 11.4 Å². The fourth-order valence-corrected chi connectivity index (χ4v) is 4.84. The van der Waals surface area contributed by atoms with Crippen molar-refractivity contribution in [1.29, 1.82) is 0 Å². The zero-order chi connectivity index (χ0) is 17.4. The van der Waals surface area contributed by atoms with Crippen LogP contribution in [-0.2, 0) is 16.5 Å². The number of carbonyl (C=O) groups is 1. The molecule has 3 aliphatic rings. The number of piperidine rings is 1. The summed E-state index contributed by atoms with van der Waals surface area (Å²) in [6.45, 7) is 4.27. The Morgan fingerprint density at radius 3 is 2.64 bits per heavy atom. The summed E-state index contributed by atoms with van der Waals surface area (Å²) >= 11 is 0. The Labute approximate surface area is 148 Å². The van der Waals surface area contributed by atoms with E-state index < -0.39 is 0 Å². The molecule has 1 aromatic rings. The number of hydrogen-bond donors (Lipinski definition) is 0. The normalized spacial score (nSPS) is 27.4. The summed E-state index contributed by atoms with van der Waals surface area (Å²) in [5, 5.41) is 0. The minimum Gasteiger partial charge on any atom is -0.381 e. The molecule has 3 saturated heterocycles. The van der Waals surface area contributed by atoms with Crippen LogP contribution in [0.15, 0.2) is 12.4 Å². The molecule has 138 valence electrons. The Bertz CT molecular complexity index is 618. The van der Waals surface area contributed by atoms with Gasteiger partial charge in [0.1, 0.15) is 0 Å². The Balaban J connectivity index is 1.39. The molecule has 0 N–H and O–H groups in total. The number of methoxy groups -OCH3 is 1. The molecule has 7 heteroatoms. The van der Waals surface area contributed by atoms with Gasteiger partial charge in [-0.3, -0.25) is 9.69 Å². The van der Waals surface area contributed by atoms with Crippen LogP contribution in [-0.4, -0.2) is 82.9 Å². The van der Waals surface area contributed by atoms with Crippen molar-refractivity contribution in [2.75, 3.05) is 40.0 Å². The van der Waals surface area contributed by atoms with Crippen molar-refractivity contribution in [3.63, 3.8) is 0 Å². The van der Waals surface area contributed by atoms with Crippen LogP contribution in [0.4, 0.5) is 0 Å². The average molecular weight is 348 g/mol. The van der Waals surface area contributed by atoms with Gasteiger partial charge in [0, 0.05) is 65.4 Å². The van der Waals surface area contributed by atoms with Crippen molar-refractivity contribution >= 4 is 5.91 Å². The molecule has 0 aromatic carbocycles. The molecule has 4 rings (SSSR count). The van der Waals surface area contributed by atoms with Gasteiger partial charge in [0.15, 0.2) is 5.82 Å². The summed E-state index contributed by atoms with van der Waals surface area (Å²) in [6, 6.07) is 0.537. The quantitative estimate of drug-likeness (QED) is 0.812. The zero-order valence-electron chi connectivity index (χ0n) is 15.2. The minimum absolute atomic E-state index is 0.0464. The van der Waals surface area contributed by atoms with Gasteiger partial charge in [-0.2, -0.15) is 0 Å². The van der Waals surface area contributed by atoms with Crippen molar-refractivity contribution in [3.05, 3.63) is 18.2 Å². The number of aryl methyl sites for hydroxylation is 1. The van der Waals surface area contributed by atoms with E-state index in [2.05, 4.69) is 9.88 Å². The number of imidazole rings is 1. The lowest BCUT2D eigenvalue weighted by atomic mass is 9.73. The standard InChI is InChI=1S/C18H28N4O3/c1-20-10-7-19-16(20)17(23)21-8-3-14(4-9-21)22-13-15(24-2)18(22)5-11-25-12-6-18/h7,10,14-15H,3-6,8-9,11-13H2,1-2H3. The van der Waals surface area contributed by atoms with Crippen LogP contribution in [0.3, 0.4) is 0 Å². The molecule has 0 bridgehead atoms. The zero-order valence-corrected chi connectivity index (χ0v) is 15.2. The number of aromatic nitrogens is 2. The van der Waals surface area contributed by atoms with Gasteiger partial charge in [0.05, 0.1) is 11.6 Å². The topological polar surface area (TPSA) is 59.8 Å². The highest BCUT2D eigenvalue weighted by atomic mass is 16.5. The monoisotopic (exact) mass is 348 g/mol. The maximum atomic E-state index is 12.6. The third kappa shape index (κ3) is 2.78. The van der Waals surface area contributed by atoms with Crippen molar-refractivity contribution in [1.82, 2.24) is 19.4 Å². The van der Waals surface area contributed by atoms with Crippen molar-refractivity contribution < 1.29 is 14.3 Å². The second-order valence-corrected chi connectivity index (χ2v) is 7.48. The maximum absolute atomic E-state index is 12.6. The van der Waals surface area contributed by atoms with Gasteiger partial charge in [-0.25, -0.2) is 4.98 Å². The molecule has 3 aliphatic heterocycles. The van der Waals surface area contributed by atoms with Crippen LogP contribution in [0.1, 0.15) is 36.3 Å². The molecule has 0 saturated carbocycles. The Hall–Kier alpha value is -1.44. The first-order valence-corrected chi connectivity index (χ1v) is 9.29. The third-order valence-electron chi connectivity index (χ3n) is 6.38. The van der Waals surface area contributed by atoms with Crippen LogP contribution in [0.5, 0.6) is 0 Å². The molecule has 25 heavy (non-hydrogen) atoms. The SMILES string of the molecule is COC1CN(C2CCN(C(=O)c3nccn3C)CC2)C12CCOCC2. The Morgan fingerprint density at radius 1 is 1.32 bits per heavy atom. The number of amides is 1.